The molecule has 2 N–H and O–H groups in total. The third kappa shape index (κ3) is 1.04. The fourth-order valence-electron chi connectivity index (χ4n) is 1.83. The van der Waals surface area contributed by atoms with Gasteiger partial charge in [-0.2, -0.15) is 0 Å². The Bertz CT molecular complexity index is 285. The number of rotatable bonds is 1. The summed E-state index contributed by atoms with van der Waals surface area (Å²) in [7, 11) is 1.89. The van der Waals surface area contributed by atoms with Gasteiger partial charge >= 0.3 is 0 Å². The standard InChI is InChI=1S/C10H13NO/c1-11-9-6-7-4-2-3-5-8(7)10(9)12/h2-5,9-12H,6H2,1H3/t9-,10?/m0/s1. The SMILES string of the molecule is CN[C@H]1Cc2ccccc2C1O. The molecule has 64 valence electrons. The van der Waals surface area contributed by atoms with E-state index in [0.717, 1.165) is 12.0 Å². The Hall–Kier alpha value is -0.860. The third-order valence-electron chi connectivity index (χ3n) is 2.57. The first-order valence-electron chi connectivity index (χ1n) is 4.26. The molecule has 2 nitrogen and oxygen atoms in total. The topological polar surface area (TPSA) is 32.3 Å². The summed E-state index contributed by atoms with van der Waals surface area (Å²) >= 11 is 0. The van der Waals surface area contributed by atoms with Crippen LogP contribution in [0.2, 0.25) is 0 Å². The molecular weight excluding hydrogens is 150 g/mol. The van der Waals surface area contributed by atoms with E-state index in [1.807, 2.05) is 25.2 Å². The van der Waals surface area contributed by atoms with E-state index in [-0.39, 0.29) is 12.1 Å². The van der Waals surface area contributed by atoms with Crippen LogP contribution in [0, 0.1) is 0 Å². The van der Waals surface area contributed by atoms with Crippen LogP contribution < -0.4 is 5.32 Å². The number of aliphatic hydroxyl groups is 1. The molecule has 0 aromatic heterocycles. The predicted molar refractivity (Wildman–Crippen MR) is 48.0 cm³/mol. The highest BCUT2D eigenvalue weighted by Gasteiger charge is 2.28. The van der Waals surface area contributed by atoms with Gasteiger partial charge in [0.05, 0.1) is 6.10 Å². The second kappa shape index (κ2) is 2.88. The van der Waals surface area contributed by atoms with E-state index in [4.69, 9.17) is 0 Å². The number of hydrogen-bond acceptors (Lipinski definition) is 2. The molecule has 1 aliphatic rings. The van der Waals surface area contributed by atoms with Gasteiger partial charge in [0.2, 0.25) is 0 Å². The van der Waals surface area contributed by atoms with Crippen molar-refractivity contribution in [3.63, 3.8) is 0 Å². The Morgan fingerprint density at radius 1 is 1.42 bits per heavy atom. The van der Waals surface area contributed by atoms with Gasteiger partial charge in [-0.1, -0.05) is 24.3 Å². The third-order valence-corrected chi connectivity index (χ3v) is 2.57. The Morgan fingerprint density at radius 3 is 2.83 bits per heavy atom. The minimum atomic E-state index is -0.328. The maximum absolute atomic E-state index is 9.78. The molecule has 2 rings (SSSR count). The summed E-state index contributed by atoms with van der Waals surface area (Å²) in [5.74, 6) is 0. The van der Waals surface area contributed by atoms with E-state index in [9.17, 15) is 5.11 Å². The number of benzene rings is 1. The molecular formula is C10H13NO. The lowest BCUT2D eigenvalue weighted by atomic mass is 10.1. The summed E-state index contributed by atoms with van der Waals surface area (Å²) in [6.45, 7) is 0. The largest absolute Gasteiger partial charge is 0.387 e. The smallest absolute Gasteiger partial charge is 0.0948 e. The molecule has 0 heterocycles. The maximum atomic E-state index is 9.78. The van der Waals surface area contributed by atoms with Gasteiger partial charge in [-0.05, 0) is 24.6 Å². The van der Waals surface area contributed by atoms with Gasteiger partial charge in [-0.15, -0.1) is 0 Å². The number of likely N-dealkylation sites (N-methyl/N-ethyl adjacent to an activating group) is 1. The molecule has 0 bridgehead atoms. The van der Waals surface area contributed by atoms with Crippen LogP contribution in [0.1, 0.15) is 17.2 Å². The van der Waals surface area contributed by atoms with Gasteiger partial charge in [-0.3, -0.25) is 0 Å². The molecule has 0 aliphatic heterocycles. The summed E-state index contributed by atoms with van der Waals surface area (Å²) in [6.07, 6.45) is 0.611. The van der Waals surface area contributed by atoms with Crippen LogP contribution in [-0.2, 0) is 6.42 Å². The molecule has 12 heavy (non-hydrogen) atoms. The monoisotopic (exact) mass is 163 g/mol. The van der Waals surface area contributed by atoms with Crippen molar-refractivity contribution in [2.24, 2.45) is 0 Å². The summed E-state index contributed by atoms with van der Waals surface area (Å²) in [5, 5.41) is 12.9. The van der Waals surface area contributed by atoms with E-state index in [1.54, 1.807) is 0 Å². The molecule has 0 radical (unpaired) electrons. The maximum Gasteiger partial charge on any atom is 0.0948 e. The highest BCUT2D eigenvalue weighted by Crippen LogP contribution is 2.30. The number of fused-ring (bicyclic) bond motifs is 1. The van der Waals surface area contributed by atoms with Crippen molar-refractivity contribution >= 4 is 0 Å². The summed E-state index contributed by atoms with van der Waals surface area (Å²) in [4.78, 5) is 0. The second-order valence-corrected chi connectivity index (χ2v) is 3.24. The Morgan fingerprint density at radius 2 is 2.17 bits per heavy atom. The van der Waals surface area contributed by atoms with Crippen LogP contribution in [0.5, 0.6) is 0 Å². The first-order valence-corrected chi connectivity index (χ1v) is 4.26. The molecule has 2 atom stereocenters. The van der Waals surface area contributed by atoms with Crippen molar-refractivity contribution in [1.29, 1.82) is 0 Å². The van der Waals surface area contributed by atoms with E-state index in [1.165, 1.54) is 5.56 Å². The average molecular weight is 163 g/mol. The van der Waals surface area contributed by atoms with E-state index in [0.29, 0.717) is 0 Å². The summed E-state index contributed by atoms with van der Waals surface area (Å²) in [6, 6.07) is 8.26. The fraction of sp³-hybridized carbons (Fsp3) is 0.400. The first-order chi connectivity index (χ1) is 5.83. The molecule has 0 fully saturated rings. The minimum Gasteiger partial charge on any atom is -0.387 e. The lowest BCUT2D eigenvalue weighted by molar-refractivity contribution is 0.146. The number of aliphatic hydroxyl groups excluding tert-OH is 1. The highest BCUT2D eigenvalue weighted by atomic mass is 16.3. The van der Waals surface area contributed by atoms with Crippen LogP contribution in [-0.4, -0.2) is 18.2 Å². The molecule has 1 aromatic carbocycles. The van der Waals surface area contributed by atoms with Crippen molar-refractivity contribution in [1.82, 2.24) is 5.32 Å². The quantitative estimate of drug-likeness (QED) is 0.643. The Kier molecular flexibility index (Phi) is 1.87. The molecule has 0 amide bonds. The van der Waals surface area contributed by atoms with E-state index >= 15 is 0 Å². The minimum absolute atomic E-state index is 0.197. The van der Waals surface area contributed by atoms with Gasteiger partial charge in [0.1, 0.15) is 0 Å². The van der Waals surface area contributed by atoms with Gasteiger partial charge in [-0.25, -0.2) is 0 Å². The van der Waals surface area contributed by atoms with Crippen molar-refractivity contribution in [3.8, 4) is 0 Å². The molecule has 0 saturated heterocycles. The summed E-state index contributed by atoms with van der Waals surface area (Å²) in [5.41, 5.74) is 2.35. The number of nitrogens with one attached hydrogen (secondary N) is 1. The molecule has 0 saturated carbocycles. The van der Waals surface area contributed by atoms with Crippen LogP contribution in [0.4, 0.5) is 0 Å². The van der Waals surface area contributed by atoms with Crippen LogP contribution >= 0.6 is 0 Å². The lowest BCUT2D eigenvalue weighted by Crippen LogP contribution is -2.29. The predicted octanol–water partition coefficient (Wildman–Crippen LogP) is 0.864. The zero-order valence-corrected chi connectivity index (χ0v) is 7.12. The average Bonchev–Trinajstić information content (AvgIpc) is 2.44. The van der Waals surface area contributed by atoms with Gasteiger partial charge in [0.15, 0.2) is 0 Å². The first kappa shape index (κ1) is 7.77. The Labute approximate surface area is 72.2 Å². The van der Waals surface area contributed by atoms with Gasteiger partial charge in [0, 0.05) is 6.04 Å². The molecule has 1 aromatic rings. The van der Waals surface area contributed by atoms with Gasteiger partial charge in [0.25, 0.3) is 0 Å². The summed E-state index contributed by atoms with van der Waals surface area (Å²) < 4.78 is 0. The lowest BCUT2D eigenvalue weighted by Gasteiger charge is -2.12. The van der Waals surface area contributed by atoms with E-state index < -0.39 is 0 Å². The number of hydrogen-bond donors (Lipinski definition) is 2. The normalized spacial score (nSPS) is 27.2. The van der Waals surface area contributed by atoms with Crippen molar-refractivity contribution < 1.29 is 5.11 Å². The van der Waals surface area contributed by atoms with Gasteiger partial charge < -0.3 is 10.4 Å². The van der Waals surface area contributed by atoms with Crippen LogP contribution in [0.15, 0.2) is 24.3 Å². The van der Waals surface area contributed by atoms with Crippen LogP contribution in [0.25, 0.3) is 0 Å². The van der Waals surface area contributed by atoms with Crippen molar-refractivity contribution in [2.75, 3.05) is 7.05 Å². The van der Waals surface area contributed by atoms with Crippen molar-refractivity contribution in [3.05, 3.63) is 35.4 Å². The molecule has 0 spiro atoms. The fourth-order valence-corrected chi connectivity index (χ4v) is 1.83. The molecule has 1 unspecified atom stereocenters. The second-order valence-electron chi connectivity index (χ2n) is 3.24. The zero-order valence-electron chi connectivity index (χ0n) is 7.12. The van der Waals surface area contributed by atoms with E-state index in [2.05, 4.69) is 11.4 Å². The Balaban J connectivity index is 2.35. The highest BCUT2D eigenvalue weighted by molar-refractivity contribution is 5.35. The zero-order chi connectivity index (χ0) is 8.55. The van der Waals surface area contributed by atoms with Crippen LogP contribution in [0.3, 0.4) is 0 Å². The van der Waals surface area contributed by atoms with Crippen molar-refractivity contribution in [2.45, 2.75) is 18.6 Å². The molecule has 1 aliphatic carbocycles. The molecule has 2 heteroatoms.